The molecule has 0 saturated heterocycles. The molecule has 0 radical (unpaired) electrons. The molecule has 0 aliphatic carbocycles. The van der Waals surface area contributed by atoms with E-state index in [0.29, 0.717) is 11.6 Å². The zero-order valence-electron chi connectivity index (χ0n) is 10.9. The maximum absolute atomic E-state index is 11.2. The van der Waals surface area contributed by atoms with E-state index in [4.69, 9.17) is 4.74 Å². The molecule has 1 aliphatic heterocycles. The fraction of sp³-hybridized carbons (Fsp3) is 0.200. The number of ether oxygens (including phenoxy) is 1. The Bertz CT molecular complexity index is 645. The number of nitrogens with one attached hydrogen (secondary N) is 1. The predicted molar refractivity (Wildman–Crippen MR) is 73.3 cm³/mol. The van der Waals surface area contributed by atoms with Gasteiger partial charge in [0.2, 0.25) is 0 Å². The number of aromatic nitrogens is 1. The van der Waals surface area contributed by atoms with Gasteiger partial charge in [-0.2, -0.15) is 0 Å². The van der Waals surface area contributed by atoms with Crippen LogP contribution in [0.3, 0.4) is 0 Å². The Morgan fingerprint density at radius 1 is 1.11 bits per heavy atom. The van der Waals surface area contributed by atoms with Crippen LogP contribution in [0.1, 0.15) is 11.1 Å². The number of anilines is 1. The molecular formula is C15H14N2O2. The van der Waals surface area contributed by atoms with Gasteiger partial charge in [0, 0.05) is 11.8 Å². The van der Waals surface area contributed by atoms with Crippen LogP contribution in [0.25, 0.3) is 11.1 Å². The third-order valence-electron chi connectivity index (χ3n) is 3.02. The highest BCUT2D eigenvalue weighted by atomic mass is 16.5. The average Bonchev–Trinajstić information content (AvgIpc) is 2.37. The Kier molecular flexibility index (Phi) is 2.71. The molecule has 4 heteroatoms. The third kappa shape index (κ3) is 2.29. The van der Waals surface area contributed by atoms with Crippen molar-refractivity contribution >= 4 is 11.7 Å². The number of rotatable bonds is 1. The Hall–Kier alpha value is -2.36. The Morgan fingerprint density at radius 3 is 2.58 bits per heavy atom. The molecule has 0 unspecified atom stereocenters. The van der Waals surface area contributed by atoms with E-state index in [1.807, 2.05) is 6.07 Å². The van der Waals surface area contributed by atoms with E-state index >= 15 is 0 Å². The molecule has 1 amide bonds. The fourth-order valence-corrected chi connectivity index (χ4v) is 2.26. The summed E-state index contributed by atoms with van der Waals surface area (Å²) in [4.78, 5) is 15.4. The van der Waals surface area contributed by atoms with Crippen LogP contribution < -0.4 is 10.1 Å². The number of carbonyl (C=O) groups excluding carboxylic acids is 1. The van der Waals surface area contributed by atoms with E-state index in [0.717, 1.165) is 11.1 Å². The lowest BCUT2D eigenvalue weighted by Crippen LogP contribution is -2.26. The summed E-state index contributed by atoms with van der Waals surface area (Å²) in [6.45, 7) is 4.18. The molecule has 19 heavy (non-hydrogen) atoms. The first kappa shape index (κ1) is 11.7. The number of hydrogen-bond donors (Lipinski definition) is 1. The van der Waals surface area contributed by atoms with Crippen LogP contribution in [-0.4, -0.2) is 17.5 Å². The molecule has 2 aromatic rings. The first-order chi connectivity index (χ1) is 9.11. The molecule has 3 rings (SSSR count). The highest BCUT2D eigenvalue weighted by Crippen LogP contribution is 2.31. The van der Waals surface area contributed by atoms with Crippen molar-refractivity contribution in [2.75, 3.05) is 11.9 Å². The van der Waals surface area contributed by atoms with Crippen LogP contribution in [0.15, 0.2) is 30.5 Å². The topological polar surface area (TPSA) is 51.2 Å². The molecule has 0 spiro atoms. The van der Waals surface area contributed by atoms with E-state index < -0.39 is 0 Å². The summed E-state index contributed by atoms with van der Waals surface area (Å²) in [6.07, 6.45) is 1.75. The van der Waals surface area contributed by atoms with Crippen molar-refractivity contribution in [3.8, 4) is 16.9 Å². The van der Waals surface area contributed by atoms with Gasteiger partial charge in [-0.15, -0.1) is 0 Å². The SMILES string of the molecule is Cc1cc(C)cc(-c2cnc3c(c2)OCC(=O)N3)c1. The second-order valence-corrected chi connectivity index (χ2v) is 4.78. The van der Waals surface area contributed by atoms with E-state index in [-0.39, 0.29) is 12.5 Å². The van der Waals surface area contributed by atoms with Crippen molar-refractivity contribution in [3.05, 3.63) is 41.6 Å². The second kappa shape index (κ2) is 4.39. The van der Waals surface area contributed by atoms with Crippen molar-refractivity contribution in [2.45, 2.75) is 13.8 Å². The average molecular weight is 254 g/mol. The molecule has 0 fully saturated rings. The summed E-state index contributed by atoms with van der Waals surface area (Å²) in [6, 6.07) is 8.26. The number of carbonyl (C=O) groups is 1. The standard InChI is InChI=1S/C15H14N2O2/c1-9-3-10(2)5-11(4-9)12-6-13-15(16-7-12)17-14(18)8-19-13/h3-7H,8H2,1-2H3,(H,16,17,18). The molecule has 0 atom stereocenters. The summed E-state index contributed by atoms with van der Waals surface area (Å²) in [7, 11) is 0. The normalized spacial score (nSPS) is 13.5. The quantitative estimate of drug-likeness (QED) is 0.851. The number of nitrogens with zero attached hydrogens (tertiary/aromatic N) is 1. The zero-order chi connectivity index (χ0) is 13.4. The summed E-state index contributed by atoms with van der Waals surface area (Å²) in [5, 5.41) is 2.69. The maximum atomic E-state index is 11.2. The minimum atomic E-state index is -0.167. The number of benzene rings is 1. The molecule has 1 aliphatic rings. The van der Waals surface area contributed by atoms with Gasteiger partial charge in [0.15, 0.2) is 18.2 Å². The van der Waals surface area contributed by atoms with Crippen LogP contribution in [0.4, 0.5) is 5.82 Å². The van der Waals surface area contributed by atoms with Gasteiger partial charge in [-0.1, -0.05) is 29.3 Å². The first-order valence-electron chi connectivity index (χ1n) is 6.13. The first-order valence-corrected chi connectivity index (χ1v) is 6.13. The Balaban J connectivity index is 2.04. The highest BCUT2D eigenvalue weighted by molar-refractivity contribution is 5.94. The van der Waals surface area contributed by atoms with E-state index in [9.17, 15) is 4.79 Å². The molecule has 1 aromatic carbocycles. The van der Waals surface area contributed by atoms with Crippen LogP contribution >= 0.6 is 0 Å². The lowest BCUT2D eigenvalue weighted by molar-refractivity contribution is -0.118. The van der Waals surface area contributed by atoms with Crippen molar-refractivity contribution in [1.29, 1.82) is 0 Å². The van der Waals surface area contributed by atoms with Crippen molar-refractivity contribution < 1.29 is 9.53 Å². The smallest absolute Gasteiger partial charge is 0.263 e. The van der Waals surface area contributed by atoms with Gasteiger partial charge in [0.05, 0.1) is 0 Å². The maximum Gasteiger partial charge on any atom is 0.263 e. The zero-order valence-corrected chi connectivity index (χ0v) is 10.9. The number of aryl methyl sites for hydroxylation is 2. The largest absolute Gasteiger partial charge is 0.480 e. The molecular weight excluding hydrogens is 240 g/mol. The van der Waals surface area contributed by atoms with Crippen LogP contribution in [0.5, 0.6) is 5.75 Å². The summed E-state index contributed by atoms with van der Waals surface area (Å²) in [5.74, 6) is 0.944. The third-order valence-corrected chi connectivity index (χ3v) is 3.02. The molecule has 1 N–H and O–H groups in total. The molecule has 1 aromatic heterocycles. The Labute approximate surface area is 111 Å². The lowest BCUT2D eigenvalue weighted by atomic mass is 10.0. The number of amides is 1. The van der Waals surface area contributed by atoms with Gasteiger partial charge in [-0.25, -0.2) is 4.98 Å². The number of hydrogen-bond acceptors (Lipinski definition) is 3. The van der Waals surface area contributed by atoms with Crippen LogP contribution in [0, 0.1) is 13.8 Å². The van der Waals surface area contributed by atoms with Crippen LogP contribution in [0.2, 0.25) is 0 Å². The fourth-order valence-electron chi connectivity index (χ4n) is 2.26. The van der Waals surface area contributed by atoms with Crippen molar-refractivity contribution in [2.24, 2.45) is 0 Å². The van der Waals surface area contributed by atoms with Gasteiger partial charge in [0.25, 0.3) is 5.91 Å². The monoisotopic (exact) mass is 254 g/mol. The van der Waals surface area contributed by atoms with Gasteiger partial charge < -0.3 is 10.1 Å². The summed E-state index contributed by atoms with van der Waals surface area (Å²) >= 11 is 0. The summed E-state index contributed by atoms with van der Waals surface area (Å²) in [5.41, 5.74) is 4.51. The highest BCUT2D eigenvalue weighted by Gasteiger charge is 2.17. The summed E-state index contributed by atoms with van der Waals surface area (Å²) < 4.78 is 5.38. The molecule has 0 saturated carbocycles. The van der Waals surface area contributed by atoms with E-state index in [1.165, 1.54) is 11.1 Å². The van der Waals surface area contributed by atoms with E-state index in [1.54, 1.807) is 6.20 Å². The predicted octanol–water partition coefficient (Wildman–Crippen LogP) is 2.70. The molecule has 0 bridgehead atoms. The van der Waals surface area contributed by atoms with Gasteiger partial charge in [0.1, 0.15) is 0 Å². The molecule has 2 heterocycles. The van der Waals surface area contributed by atoms with Crippen molar-refractivity contribution in [1.82, 2.24) is 4.98 Å². The van der Waals surface area contributed by atoms with Gasteiger partial charge >= 0.3 is 0 Å². The number of fused-ring (bicyclic) bond motifs is 1. The van der Waals surface area contributed by atoms with Gasteiger partial charge in [-0.05, 0) is 25.5 Å². The number of pyridine rings is 1. The second-order valence-electron chi connectivity index (χ2n) is 4.78. The minimum Gasteiger partial charge on any atom is -0.480 e. The van der Waals surface area contributed by atoms with Gasteiger partial charge in [-0.3, -0.25) is 4.79 Å². The van der Waals surface area contributed by atoms with Crippen LogP contribution in [-0.2, 0) is 4.79 Å². The molecule has 4 nitrogen and oxygen atoms in total. The Morgan fingerprint density at radius 2 is 1.84 bits per heavy atom. The minimum absolute atomic E-state index is 0.0466. The van der Waals surface area contributed by atoms with Crippen molar-refractivity contribution in [3.63, 3.8) is 0 Å². The lowest BCUT2D eigenvalue weighted by Gasteiger charge is -2.17. The molecule has 96 valence electrons. The van der Waals surface area contributed by atoms with E-state index in [2.05, 4.69) is 42.3 Å².